The number of nitrogens with one attached hydrogen (secondary N) is 2. The number of ether oxygens (including phenoxy) is 1. The number of rotatable bonds is 5. The Balaban J connectivity index is 1.63. The number of anilines is 1. The molecule has 1 atom stereocenters. The Labute approximate surface area is 151 Å². The summed E-state index contributed by atoms with van der Waals surface area (Å²) >= 11 is 0. The minimum atomic E-state index is -4.67. The van der Waals surface area contributed by atoms with E-state index in [-0.39, 0.29) is 11.7 Å². The molecule has 0 fully saturated rings. The van der Waals surface area contributed by atoms with E-state index < -0.39 is 23.9 Å². The molecule has 0 radical (unpaired) electrons. The average Bonchev–Trinajstić information content (AvgIpc) is 3.12. The largest absolute Gasteiger partial charge is 0.470 e. The molecular weight excluding hydrogens is 363 g/mol. The third kappa shape index (κ3) is 4.60. The van der Waals surface area contributed by atoms with Gasteiger partial charge in [0.25, 0.3) is 5.91 Å². The maximum absolute atomic E-state index is 12.5. The number of halogens is 3. The van der Waals surface area contributed by atoms with Gasteiger partial charge in [0.1, 0.15) is 6.10 Å². The lowest BCUT2D eigenvalue weighted by atomic mass is 10.1. The van der Waals surface area contributed by atoms with E-state index in [2.05, 4.69) is 20.4 Å². The summed E-state index contributed by atoms with van der Waals surface area (Å²) < 4.78 is 43.1. The average molecular weight is 377 g/mol. The molecule has 27 heavy (non-hydrogen) atoms. The predicted octanol–water partition coefficient (Wildman–Crippen LogP) is 3.61. The van der Waals surface area contributed by atoms with Crippen molar-refractivity contribution < 1.29 is 22.7 Å². The Morgan fingerprint density at radius 2 is 1.93 bits per heavy atom. The third-order valence-electron chi connectivity index (χ3n) is 3.54. The summed E-state index contributed by atoms with van der Waals surface area (Å²) in [7, 11) is 0. The minimum Gasteiger partial charge on any atom is -0.470 e. The maximum atomic E-state index is 12.5. The van der Waals surface area contributed by atoms with Crippen molar-refractivity contribution in [3.8, 4) is 5.88 Å². The molecule has 0 saturated heterocycles. The van der Waals surface area contributed by atoms with Crippen molar-refractivity contribution >= 4 is 11.9 Å². The fourth-order valence-corrected chi connectivity index (χ4v) is 2.18. The van der Waals surface area contributed by atoms with Gasteiger partial charge in [-0.25, -0.2) is 4.98 Å². The van der Waals surface area contributed by atoms with Gasteiger partial charge in [0.05, 0.1) is 5.56 Å². The monoisotopic (exact) mass is 377 g/mol. The molecule has 2 N–H and O–H groups in total. The second-order valence-corrected chi connectivity index (χ2v) is 5.52. The molecule has 2 aromatic heterocycles. The van der Waals surface area contributed by atoms with Crippen molar-refractivity contribution in [2.75, 3.05) is 5.32 Å². The summed E-state index contributed by atoms with van der Waals surface area (Å²) in [4.78, 5) is 19.3. The number of benzene rings is 1. The Kier molecular flexibility index (Phi) is 5.06. The van der Waals surface area contributed by atoms with Crippen LogP contribution in [0.4, 0.5) is 19.1 Å². The Morgan fingerprint density at radius 1 is 1.19 bits per heavy atom. The van der Waals surface area contributed by atoms with Crippen molar-refractivity contribution in [3.05, 3.63) is 65.6 Å². The second-order valence-electron chi connectivity index (χ2n) is 5.52. The van der Waals surface area contributed by atoms with E-state index in [1.807, 2.05) is 37.3 Å². The van der Waals surface area contributed by atoms with Gasteiger partial charge in [-0.15, -0.1) is 5.10 Å². The quantitative estimate of drug-likeness (QED) is 0.709. The number of nitrogens with zero attached hydrogens (tertiary/aromatic N) is 3. The summed E-state index contributed by atoms with van der Waals surface area (Å²) in [6.07, 6.45) is -3.67. The third-order valence-corrected chi connectivity index (χ3v) is 3.54. The van der Waals surface area contributed by atoms with Crippen LogP contribution in [0, 0.1) is 0 Å². The fraction of sp³-hybridized carbons (Fsp3) is 0.176. The SMILES string of the molecule is CC(Oc1ccc(C(=O)Nc2n[nH]c(C(F)(F)F)n2)cn1)c1ccccc1. The molecule has 140 valence electrons. The molecule has 1 aromatic carbocycles. The molecular formula is C17H14F3N5O2. The van der Waals surface area contributed by atoms with Crippen LogP contribution in [0.2, 0.25) is 0 Å². The normalized spacial score (nSPS) is 12.4. The van der Waals surface area contributed by atoms with Crippen LogP contribution < -0.4 is 10.1 Å². The molecule has 3 rings (SSSR count). The Hall–Kier alpha value is -3.43. The highest BCUT2D eigenvalue weighted by Gasteiger charge is 2.35. The first kappa shape index (κ1) is 18.4. The van der Waals surface area contributed by atoms with E-state index >= 15 is 0 Å². The summed E-state index contributed by atoms with van der Waals surface area (Å²) in [6, 6.07) is 12.4. The van der Waals surface area contributed by atoms with E-state index in [0.29, 0.717) is 5.88 Å². The lowest BCUT2D eigenvalue weighted by Crippen LogP contribution is -2.14. The van der Waals surface area contributed by atoms with Gasteiger partial charge in [0.15, 0.2) is 0 Å². The zero-order valence-corrected chi connectivity index (χ0v) is 14.0. The molecule has 3 aromatic rings. The number of hydrogen-bond donors (Lipinski definition) is 2. The van der Waals surface area contributed by atoms with Crippen LogP contribution in [0.15, 0.2) is 48.7 Å². The summed E-state index contributed by atoms with van der Waals surface area (Å²) in [5.74, 6) is -2.17. The van der Waals surface area contributed by atoms with Crippen LogP contribution in [0.25, 0.3) is 0 Å². The van der Waals surface area contributed by atoms with Gasteiger partial charge in [0, 0.05) is 12.3 Å². The Morgan fingerprint density at radius 3 is 2.52 bits per heavy atom. The van der Waals surface area contributed by atoms with Gasteiger partial charge in [0.2, 0.25) is 17.7 Å². The van der Waals surface area contributed by atoms with Crippen molar-refractivity contribution in [2.24, 2.45) is 0 Å². The number of aromatic nitrogens is 4. The summed E-state index contributed by atoms with van der Waals surface area (Å²) in [6.45, 7) is 1.86. The van der Waals surface area contributed by atoms with E-state index in [9.17, 15) is 18.0 Å². The number of pyridine rings is 1. The van der Waals surface area contributed by atoms with Gasteiger partial charge in [-0.05, 0) is 18.6 Å². The van der Waals surface area contributed by atoms with Crippen LogP contribution in [-0.4, -0.2) is 26.1 Å². The van der Waals surface area contributed by atoms with Gasteiger partial charge in [-0.1, -0.05) is 30.3 Å². The Bertz CT molecular complexity index is 910. The number of hydrogen-bond acceptors (Lipinski definition) is 5. The highest BCUT2D eigenvalue weighted by Crippen LogP contribution is 2.26. The smallest absolute Gasteiger partial charge is 0.451 e. The van der Waals surface area contributed by atoms with Crippen molar-refractivity contribution in [2.45, 2.75) is 19.2 Å². The zero-order valence-electron chi connectivity index (χ0n) is 14.0. The second kappa shape index (κ2) is 7.44. The number of amides is 1. The van der Waals surface area contributed by atoms with Crippen molar-refractivity contribution in [3.63, 3.8) is 0 Å². The van der Waals surface area contributed by atoms with Crippen LogP contribution in [0.1, 0.15) is 34.8 Å². The van der Waals surface area contributed by atoms with E-state index in [1.165, 1.54) is 18.3 Å². The number of carbonyl (C=O) groups is 1. The molecule has 1 unspecified atom stereocenters. The molecule has 0 spiro atoms. The van der Waals surface area contributed by atoms with E-state index in [4.69, 9.17) is 4.74 Å². The molecule has 1 amide bonds. The minimum absolute atomic E-state index is 0.119. The van der Waals surface area contributed by atoms with Gasteiger partial charge in [-0.3, -0.25) is 15.2 Å². The molecule has 0 aliphatic rings. The molecule has 7 nitrogen and oxygen atoms in total. The highest BCUT2D eigenvalue weighted by atomic mass is 19.4. The lowest BCUT2D eigenvalue weighted by Gasteiger charge is -2.14. The summed E-state index contributed by atoms with van der Waals surface area (Å²) in [5.41, 5.74) is 1.08. The first-order valence-electron chi connectivity index (χ1n) is 7.81. The number of carbonyl (C=O) groups excluding carboxylic acids is 1. The van der Waals surface area contributed by atoms with Crippen LogP contribution >= 0.6 is 0 Å². The molecule has 0 bridgehead atoms. The number of alkyl halides is 3. The van der Waals surface area contributed by atoms with Gasteiger partial charge >= 0.3 is 6.18 Å². The van der Waals surface area contributed by atoms with Crippen molar-refractivity contribution in [1.29, 1.82) is 0 Å². The zero-order chi connectivity index (χ0) is 19.4. The van der Waals surface area contributed by atoms with Gasteiger partial charge in [-0.2, -0.15) is 18.2 Å². The first-order valence-corrected chi connectivity index (χ1v) is 7.81. The topological polar surface area (TPSA) is 92.8 Å². The first-order chi connectivity index (χ1) is 12.8. The van der Waals surface area contributed by atoms with Crippen LogP contribution in [0.3, 0.4) is 0 Å². The van der Waals surface area contributed by atoms with Crippen molar-refractivity contribution in [1.82, 2.24) is 20.2 Å². The van der Waals surface area contributed by atoms with Crippen LogP contribution in [-0.2, 0) is 6.18 Å². The molecule has 0 aliphatic heterocycles. The molecule has 0 aliphatic carbocycles. The molecule has 10 heteroatoms. The standard InChI is InChI=1S/C17H14F3N5O2/c1-10(11-5-3-2-4-6-11)27-13-8-7-12(9-21-13)14(26)22-16-23-15(24-25-16)17(18,19)20/h2-10H,1H3,(H2,22,23,24,25,26). The molecule has 0 saturated carbocycles. The van der Waals surface area contributed by atoms with Gasteiger partial charge < -0.3 is 4.74 Å². The van der Waals surface area contributed by atoms with Crippen LogP contribution in [0.5, 0.6) is 5.88 Å². The summed E-state index contributed by atoms with van der Waals surface area (Å²) in [5, 5.41) is 7.18. The van der Waals surface area contributed by atoms with E-state index in [1.54, 1.807) is 5.10 Å². The fourth-order valence-electron chi connectivity index (χ4n) is 2.18. The maximum Gasteiger partial charge on any atom is 0.451 e. The highest BCUT2D eigenvalue weighted by molar-refractivity contribution is 6.03. The lowest BCUT2D eigenvalue weighted by molar-refractivity contribution is -0.144. The van der Waals surface area contributed by atoms with E-state index in [0.717, 1.165) is 5.56 Å². The number of aromatic amines is 1. The number of H-pyrrole nitrogens is 1. The predicted molar refractivity (Wildman–Crippen MR) is 89.1 cm³/mol. The molecule has 2 heterocycles.